The van der Waals surface area contributed by atoms with Gasteiger partial charge in [-0.2, -0.15) is 4.72 Å². The van der Waals surface area contributed by atoms with Crippen LogP contribution in [0.15, 0.2) is 65.7 Å². The van der Waals surface area contributed by atoms with E-state index in [-0.39, 0.29) is 10.0 Å². The van der Waals surface area contributed by atoms with Gasteiger partial charge in [0.25, 0.3) is 0 Å². The average molecular weight is 470 g/mol. The summed E-state index contributed by atoms with van der Waals surface area (Å²) in [6, 6.07) is 14.6. The minimum Gasteiger partial charge on any atom is -0.497 e. The van der Waals surface area contributed by atoms with Gasteiger partial charge in [0.05, 0.1) is 18.7 Å². The predicted molar refractivity (Wildman–Crippen MR) is 122 cm³/mol. The Hall–Kier alpha value is -3.41. The van der Waals surface area contributed by atoms with E-state index in [4.69, 9.17) is 4.74 Å². The number of benzene rings is 2. The van der Waals surface area contributed by atoms with Gasteiger partial charge in [-0.1, -0.05) is 29.5 Å². The van der Waals surface area contributed by atoms with Crippen LogP contribution < -0.4 is 14.8 Å². The highest BCUT2D eigenvalue weighted by atomic mass is 32.2. The van der Waals surface area contributed by atoms with E-state index < -0.39 is 22.0 Å². The molecule has 4 rings (SSSR count). The number of hydrogen-bond acceptors (Lipinski definition) is 8. The van der Waals surface area contributed by atoms with E-state index in [1.54, 1.807) is 43.5 Å². The number of sulfonamides is 1. The highest BCUT2D eigenvalue weighted by Gasteiger charge is 2.25. The number of aromatic nitrogens is 3. The molecule has 0 aliphatic rings. The number of nitrogens with one attached hydrogen (secondary N) is 2. The number of ether oxygens (including phenoxy) is 1. The van der Waals surface area contributed by atoms with Crippen LogP contribution in [0.3, 0.4) is 0 Å². The van der Waals surface area contributed by atoms with Crippen molar-refractivity contribution in [2.24, 2.45) is 0 Å². The van der Waals surface area contributed by atoms with Gasteiger partial charge >= 0.3 is 0 Å². The van der Waals surface area contributed by atoms with Gasteiger partial charge < -0.3 is 4.74 Å². The van der Waals surface area contributed by atoms with Gasteiger partial charge in [0.2, 0.25) is 21.1 Å². The fourth-order valence-electron chi connectivity index (χ4n) is 2.98. The lowest BCUT2D eigenvalue weighted by Crippen LogP contribution is -2.41. The first-order valence-electron chi connectivity index (χ1n) is 9.52. The maximum atomic E-state index is 12.9. The molecule has 0 spiro atoms. The van der Waals surface area contributed by atoms with Crippen LogP contribution in [0, 0.1) is 0 Å². The second-order valence-electron chi connectivity index (χ2n) is 6.80. The number of anilines is 1. The molecule has 1 atom stereocenters. The first-order valence-corrected chi connectivity index (χ1v) is 11.8. The Morgan fingerprint density at radius 2 is 1.81 bits per heavy atom. The van der Waals surface area contributed by atoms with Crippen LogP contribution >= 0.6 is 11.3 Å². The molecule has 1 unspecified atom stereocenters. The molecule has 164 valence electrons. The molecule has 0 saturated heterocycles. The molecule has 0 aliphatic carbocycles. The van der Waals surface area contributed by atoms with E-state index in [0.29, 0.717) is 21.7 Å². The SMILES string of the molecule is COc1ccc(-c2nnc(NC(=O)C(C)NS(=O)(=O)c3cccc4cccnc34)s2)cc1. The highest BCUT2D eigenvalue weighted by Crippen LogP contribution is 2.28. The van der Waals surface area contributed by atoms with Crippen molar-refractivity contribution in [3.05, 3.63) is 60.8 Å². The molecule has 2 heterocycles. The zero-order valence-electron chi connectivity index (χ0n) is 17.1. The number of methoxy groups -OCH3 is 1. The molecule has 0 saturated carbocycles. The summed E-state index contributed by atoms with van der Waals surface area (Å²) in [6.07, 6.45) is 1.52. The molecule has 1 amide bonds. The minimum atomic E-state index is -3.99. The Labute approximate surface area is 188 Å². The second kappa shape index (κ2) is 8.99. The summed E-state index contributed by atoms with van der Waals surface area (Å²) in [5, 5.41) is 12.2. The molecule has 0 bridgehead atoms. The molecule has 2 aromatic carbocycles. The lowest BCUT2D eigenvalue weighted by atomic mass is 10.2. The second-order valence-corrected chi connectivity index (χ2v) is 9.46. The zero-order chi connectivity index (χ0) is 22.7. The van der Waals surface area contributed by atoms with Crippen molar-refractivity contribution in [2.45, 2.75) is 17.9 Å². The summed E-state index contributed by atoms with van der Waals surface area (Å²) >= 11 is 1.18. The number of nitrogens with zero attached hydrogens (tertiary/aromatic N) is 3. The smallest absolute Gasteiger partial charge is 0.244 e. The van der Waals surface area contributed by atoms with Gasteiger partial charge in [-0.25, -0.2) is 8.42 Å². The quantitative estimate of drug-likeness (QED) is 0.426. The Morgan fingerprint density at radius 1 is 1.06 bits per heavy atom. The van der Waals surface area contributed by atoms with Crippen LogP contribution in [0.4, 0.5) is 5.13 Å². The minimum absolute atomic E-state index is 0.00737. The van der Waals surface area contributed by atoms with Crippen molar-refractivity contribution < 1.29 is 17.9 Å². The van der Waals surface area contributed by atoms with E-state index in [2.05, 4.69) is 25.2 Å². The fraction of sp³-hybridized carbons (Fsp3) is 0.143. The number of pyridine rings is 1. The maximum Gasteiger partial charge on any atom is 0.244 e. The van der Waals surface area contributed by atoms with Crippen molar-refractivity contribution in [2.75, 3.05) is 12.4 Å². The monoisotopic (exact) mass is 469 g/mol. The van der Waals surface area contributed by atoms with Crippen molar-refractivity contribution in [1.82, 2.24) is 19.9 Å². The lowest BCUT2D eigenvalue weighted by molar-refractivity contribution is -0.117. The van der Waals surface area contributed by atoms with Gasteiger partial charge in [0.15, 0.2) is 0 Å². The first-order chi connectivity index (χ1) is 15.4. The van der Waals surface area contributed by atoms with Crippen molar-refractivity contribution >= 4 is 43.3 Å². The van der Waals surface area contributed by atoms with Crippen LogP contribution in [0.25, 0.3) is 21.5 Å². The third kappa shape index (κ3) is 4.59. The lowest BCUT2D eigenvalue weighted by Gasteiger charge is -2.14. The van der Waals surface area contributed by atoms with E-state index >= 15 is 0 Å². The van der Waals surface area contributed by atoms with Gasteiger partial charge in [-0.05, 0) is 43.3 Å². The number of fused-ring (bicyclic) bond motifs is 1. The van der Waals surface area contributed by atoms with E-state index in [9.17, 15) is 13.2 Å². The first kappa shape index (κ1) is 21.8. The van der Waals surface area contributed by atoms with Crippen molar-refractivity contribution in [3.63, 3.8) is 0 Å². The number of carbonyl (C=O) groups is 1. The number of amides is 1. The average Bonchev–Trinajstić information content (AvgIpc) is 3.26. The fourth-order valence-corrected chi connectivity index (χ4v) is 5.11. The van der Waals surface area contributed by atoms with Crippen molar-refractivity contribution in [1.29, 1.82) is 0 Å². The summed E-state index contributed by atoms with van der Waals surface area (Å²) in [6.45, 7) is 1.46. The molecule has 2 aromatic heterocycles. The van der Waals surface area contributed by atoms with Crippen LogP contribution in [0.2, 0.25) is 0 Å². The van der Waals surface area contributed by atoms with E-state index in [0.717, 1.165) is 5.56 Å². The van der Waals surface area contributed by atoms with Crippen molar-refractivity contribution in [3.8, 4) is 16.3 Å². The summed E-state index contributed by atoms with van der Waals surface area (Å²) in [5.41, 5.74) is 1.16. The molecule has 0 radical (unpaired) electrons. The largest absolute Gasteiger partial charge is 0.497 e. The van der Waals surface area contributed by atoms with Gasteiger partial charge in [-0.15, -0.1) is 10.2 Å². The number of rotatable bonds is 7. The summed E-state index contributed by atoms with van der Waals surface area (Å²) in [4.78, 5) is 16.8. The Balaban J connectivity index is 1.46. The highest BCUT2D eigenvalue weighted by molar-refractivity contribution is 7.89. The van der Waals surface area contributed by atoms with Crippen LogP contribution in [-0.4, -0.2) is 42.7 Å². The Kier molecular flexibility index (Phi) is 6.12. The molecule has 32 heavy (non-hydrogen) atoms. The number of hydrogen-bond donors (Lipinski definition) is 2. The molecular weight excluding hydrogens is 450 g/mol. The normalized spacial score (nSPS) is 12.4. The van der Waals surface area contributed by atoms with Crippen LogP contribution in [0.5, 0.6) is 5.75 Å². The van der Waals surface area contributed by atoms with Gasteiger partial charge in [-0.3, -0.25) is 15.1 Å². The molecule has 0 aliphatic heterocycles. The molecule has 11 heteroatoms. The maximum absolute atomic E-state index is 12.9. The van der Waals surface area contributed by atoms with Gasteiger partial charge in [0, 0.05) is 17.1 Å². The summed E-state index contributed by atoms with van der Waals surface area (Å²) in [5.74, 6) is 0.161. The molecule has 2 N–H and O–H groups in total. The topological polar surface area (TPSA) is 123 Å². The van der Waals surface area contributed by atoms with E-state index in [1.165, 1.54) is 30.5 Å². The zero-order valence-corrected chi connectivity index (χ0v) is 18.8. The summed E-state index contributed by atoms with van der Waals surface area (Å²) < 4.78 is 33.3. The third-order valence-corrected chi connectivity index (χ3v) is 7.06. The van der Waals surface area contributed by atoms with Crippen LogP contribution in [0.1, 0.15) is 6.92 Å². The molecule has 4 aromatic rings. The predicted octanol–water partition coefficient (Wildman–Crippen LogP) is 3.07. The Morgan fingerprint density at radius 3 is 2.56 bits per heavy atom. The standard InChI is InChI=1S/C21H19N5O4S2/c1-13(26-32(28,29)17-7-3-5-14-6-4-12-22-18(14)17)19(27)23-21-25-24-20(31-21)15-8-10-16(30-2)11-9-15/h3-13,26H,1-2H3,(H,23,25,27). The Bertz CT molecular complexity index is 1370. The van der Waals surface area contributed by atoms with E-state index in [1.807, 2.05) is 12.1 Å². The molecular formula is C21H19N5O4S2. The molecule has 9 nitrogen and oxygen atoms in total. The summed E-state index contributed by atoms with van der Waals surface area (Å²) in [7, 11) is -2.40. The number of carbonyl (C=O) groups excluding carboxylic acids is 1. The number of para-hydroxylation sites is 1. The molecule has 0 fully saturated rings. The van der Waals surface area contributed by atoms with Crippen LogP contribution in [-0.2, 0) is 14.8 Å². The third-order valence-electron chi connectivity index (χ3n) is 4.60. The van der Waals surface area contributed by atoms with Gasteiger partial charge in [0.1, 0.15) is 15.7 Å².